The van der Waals surface area contributed by atoms with E-state index < -0.39 is 10.0 Å². The summed E-state index contributed by atoms with van der Waals surface area (Å²) in [4.78, 5) is 15.4. The molecule has 1 aliphatic heterocycles. The van der Waals surface area contributed by atoms with Crippen molar-refractivity contribution in [2.75, 3.05) is 32.8 Å². The fraction of sp³-hybridized carbons (Fsp3) is 0.379. The minimum Gasteiger partial charge on any atom is -0.379 e. The van der Waals surface area contributed by atoms with Gasteiger partial charge in [-0.05, 0) is 68.3 Å². The molecule has 0 amide bonds. The number of hydrogen-bond acceptors (Lipinski definition) is 6. The Morgan fingerprint density at radius 1 is 1.03 bits per heavy atom. The van der Waals surface area contributed by atoms with Crippen LogP contribution in [0.1, 0.15) is 41.5 Å². The molecule has 0 radical (unpaired) electrons. The van der Waals surface area contributed by atoms with Crippen molar-refractivity contribution in [2.24, 2.45) is 7.05 Å². The van der Waals surface area contributed by atoms with Crippen LogP contribution in [-0.2, 0) is 28.2 Å². The molecule has 0 atom stereocenters. The zero-order valence-corrected chi connectivity index (χ0v) is 23.0. The second-order valence-corrected chi connectivity index (χ2v) is 11.6. The van der Waals surface area contributed by atoms with Crippen molar-refractivity contribution in [1.82, 2.24) is 18.7 Å². The molecule has 1 fully saturated rings. The summed E-state index contributed by atoms with van der Waals surface area (Å²) in [6.07, 6.45) is 2.09. The highest BCUT2D eigenvalue weighted by Crippen LogP contribution is 2.30. The first-order valence-electron chi connectivity index (χ1n) is 13.1. The van der Waals surface area contributed by atoms with E-state index in [0.29, 0.717) is 23.3 Å². The second-order valence-electron chi connectivity index (χ2n) is 9.85. The summed E-state index contributed by atoms with van der Waals surface area (Å²) in [5.41, 5.74) is 4.49. The first-order valence-corrected chi connectivity index (χ1v) is 14.6. The van der Waals surface area contributed by atoms with Crippen LogP contribution >= 0.6 is 0 Å². The number of benzene rings is 2. The van der Waals surface area contributed by atoms with Crippen molar-refractivity contribution in [2.45, 2.75) is 38.0 Å². The number of morpholine rings is 1. The molecule has 0 saturated carbocycles. The quantitative estimate of drug-likeness (QED) is 0.295. The predicted octanol–water partition coefficient (Wildman–Crippen LogP) is 4.44. The van der Waals surface area contributed by atoms with Gasteiger partial charge in [0, 0.05) is 43.2 Å². The lowest BCUT2D eigenvalue weighted by Gasteiger charge is -2.26. The average molecular weight is 535 g/mol. The Labute approximate surface area is 223 Å². The molecular weight excluding hydrogens is 500 g/mol. The third-order valence-corrected chi connectivity index (χ3v) is 9.08. The topological polar surface area (TPSA) is 86.4 Å². The molecule has 2 aromatic carbocycles. The maximum Gasteiger partial charge on any atom is 0.268 e. The van der Waals surface area contributed by atoms with E-state index in [1.807, 2.05) is 56.4 Å². The van der Waals surface area contributed by atoms with Gasteiger partial charge in [0.25, 0.3) is 10.0 Å². The number of aryl methyl sites for hydroxylation is 3. The van der Waals surface area contributed by atoms with Gasteiger partial charge in [0.2, 0.25) is 0 Å². The average Bonchev–Trinajstić information content (AvgIpc) is 3.48. The highest BCUT2D eigenvalue weighted by atomic mass is 32.2. The Morgan fingerprint density at radius 2 is 1.76 bits per heavy atom. The van der Waals surface area contributed by atoms with E-state index in [1.165, 1.54) is 3.97 Å². The first-order chi connectivity index (χ1) is 18.3. The zero-order valence-electron chi connectivity index (χ0n) is 22.2. The van der Waals surface area contributed by atoms with Crippen LogP contribution in [0.15, 0.2) is 59.5 Å². The number of ketones is 1. The van der Waals surface area contributed by atoms with E-state index >= 15 is 0 Å². The van der Waals surface area contributed by atoms with E-state index in [4.69, 9.17) is 4.74 Å². The van der Waals surface area contributed by atoms with Crippen LogP contribution in [0.4, 0.5) is 0 Å². The number of ether oxygens (including phenoxy) is 1. The lowest BCUT2D eigenvalue weighted by atomic mass is 10.1. The normalized spacial score (nSPS) is 14.8. The van der Waals surface area contributed by atoms with Gasteiger partial charge in [-0.3, -0.25) is 14.4 Å². The molecule has 0 N–H and O–H groups in total. The Morgan fingerprint density at radius 3 is 2.47 bits per heavy atom. The van der Waals surface area contributed by atoms with Crippen molar-refractivity contribution < 1.29 is 17.9 Å². The van der Waals surface area contributed by atoms with Gasteiger partial charge >= 0.3 is 0 Å². The van der Waals surface area contributed by atoms with Gasteiger partial charge in [-0.2, -0.15) is 5.10 Å². The minimum atomic E-state index is -3.74. The van der Waals surface area contributed by atoms with Crippen molar-refractivity contribution in [3.05, 3.63) is 71.5 Å². The third-order valence-electron chi connectivity index (χ3n) is 7.24. The van der Waals surface area contributed by atoms with Crippen LogP contribution in [0.5, 0.6) is 0 Å². The van der Waals surface area contributed by atoms with Crippen LogP contribution in [0, 0.1) is 6.92 Å². The van der Waals surface area contributed by atoms with Crippen LogP contribution in [-0.4, -0.2) is 65.7 Å². The molecule has 5 rings (SSSR count). The summed E-state index contributed by atoms with van der Waals surface area (Å²) in [6.45, 7) is 8.06. The number of rotatable bonds is 9. The number of Topliss-reactive ketones (excluding diaryl/α,β-unsaturated/α-hetero) is 1. The van der Waals surface area contributed by atoms with Crippen molar-refractivity contribution in [1.29, 1.82) is 0 Å². The lowest BCUT2D eigenvalue weighted by Crippen LogP contribution is -2.36. The summed E-state index contributed by atoms with van der Waals surface area (Å²) in [5.74, 6) is 0.0309. The molecule has 0 bridgehead atoms. The Hall–Kier alpha value is -3.27. The molecule has 38 heavy (non-hydrogen) atoms. The standard InChI is InChI=1S/C29H34N4O4S/c1-4-22-7-10-25(11-8-22)38(35,36)33-21(2)18-24-19-23(9-12-27(24)33)28-20-26(30-31(28)3)29(34)6-5-13-32-14-16-37-17-15-32/h7-12,18-20H,4-6,13-17H2,1-3H3. The first kappa shape index (κ1) is 26.3. The van der Waals surface area contributed by atoms with Gasteiger partial charge in [0.1, 0.15) is 5.69 Å². The summed E-state index contributed by atoms with van der Waals surface area (Å²) in [5, 5.41) is 5.29. The predicted molar refractivity (Wildman–Crippen MR) is 148 cm³/mol. The molecule has 1 saturated heterocycles. The highest BCUT2D eigenvalue weighted by Gasteiger charge is 2.22. The van der Waals surface area contributed by atoms with Gasteiger partial charge < -0.3 is 4.74 Å². The molecule has 9 heteroatoms. The van der Waals surface area contributed by atoms with E-state index in [-0.39, 0.29) is 10.7 Å². The Bertz CT molecular complexity index is 1560. The largest absolute Gasteiger partial charge is 0.379 e. The van der Waals surface area contributed by atoms with Gasteiger partial charge in [-0.25, -0.2) is 12.4 Å². The third kappa shape index (κ3) is 5.18. The summed E-state index contributed by atoms with van der Waals surface area (Å²) >= 11 is 0. The van der Waals surface area contributed by atoms with E-state index in [2.05, 4.69) is 10.00 Å². The van der Waals surface area contributed by atoms with Gasteiger partial charge in [-0.1, -0.05) is 25.1 Å². The number of carbonyl (C=O) groups excluding carboxylic acids is 1. The van der Waals surface area contributed by atoms with Gasteiger partial charge in [0.05, 0.1) is 29.3 Å². The minimum absolute atomic E-state index is 0.0309. The molecule has 3 heterocycles. The Balaban J connectivity index is 1.37. The second kappa shape index (κ2) is 10.8. The fourth-order valence-electron chi connectivity index (χ4n) is 5.10. The molecule has 0 unspecified atom stereocenters. The number of nitrogens with zero attached hydrogens (tertiary/aromatic N) is 4. The lowest BCUT2D eigenvalue weighted by molar-refractivity contribution is 0.0371. The monoisotopic (exact) mass is 534 g/mol. The SMILES string of the molecule is CCc1ccc(S(=O)(=O)n2c(C)cc3cc(-c4cc(C(=O)CCCN5CCOCC5)nn4C)ccc32)cc1. The van der Waals surface area contributed by atoms with Gasteiger partial charge in [0.15, 0.2) is 5.78 Å². The number of aromatic nitrogens is 3. The number of fused-ring (bicyclic) bond motifs is 1. The summed E-state index contributed by atoms with van der Waals surface area (Å²) in [7, 11) is -1.92. The van der Waals surface area contributed by atoms with Crippen LogP contribution in [0.3, 0.4) is 0 Å². The zero-order chi connectivity index (χ0) is 26.9. The molecule has 2 aromatic heterocycles. The van der Waals surface area contributed by atoms with E-state index in [9.17, 15) is 13.2 Å². The number of carbonyl (C=O) groups is 1. The molecule has 0 spiro atoms. The molecule has 8 nitrogen and oxygen atoms in total. The van der Waals surface area contributed by atoms with Crippen LogP contribution in [0.25, 0.3) is 22.2 Å². The maximum absolute atomic E-state index is 13.5. The molecule has 200 valence electrons. The summed E-state index contributed by atoms with van der Waals surface area (Å²) in [6, 6.07) is 16.4. The van der Waals surface area contributed by atoms with E-state index in [1.54, 1.807) is 23.7 Å². The number of hydrogen-bond donors (Lipinski definition) is 0. The smallest absolute Gasteiger partial charge is 0.268 e. The molecule has 0 aliphatic carbocycles. The van der Waals surface area contributed by atoms with Crippen LogP contribution in [0.2, 0.25) is 0 Å². The summed E-state index contributed by atoms with van der Waals surface area (Å²) < 4.78 is 35.5. The molecule has 1 aliphatic rings. The molecule has 4 aromatic rings. The molecular formula is C29H34N4O4S. The fourth-order valence-corrected chi connectivity index (χ4v) is 6.65. The van der Waals surface area contributed by atoms with E-state index in [0.717, 1.165) is 67.9 Å². The maximum atomic E-state index is 13.5. The van der Waals surface area contributed by atoms with Gasteiger partial charge in [-0.15, -0.1) is 0 Å². The van der Waals surface area contributed by atoms with Crippen molar-refractivity contribution in [3.63, 3.8) is 0 Å². The van der Waals surface area contributed by atoms with Crippen molar-refractivity contribution >= 4 is 26.7 Å². The highest BCUT2D eigenvalue weighted by molar-refractivity contribution is 7.90. The Kier molecular flexibility index (Phi) is 7.52. The van der Waals surface area contributed by atoms with Crippen LogP contribution < -0.4 is 0 Å². The van der Waals surface area contributed by atoms with Crippen molar-refractivity contribution in [3.8, 4) is 11.3 Å².